The quantitative estimate of drug-likeness (QED) is 0.282. The molecule has 12 nitrogen and oxygen atoms in total. The van der Waals surface area contributed by atoms with Crippen molar-refractivity contribution in [3.63, 3.8) is 0 Å². The number of allylic oxidation sites excluding steroid dienone is 2. The summed E-state index contributed by atoms with van der Waals surface area (Å²) < 4.78 is 39.8. The molecule has 0 spiro atoms. The number of hydrogen-bond acceptors (Lipinski definition) is 9. The molecule has 4 fully saturated rings. The minimum Gasteiger partial charge on any atom is -0.459 e. The third kappa shape index (κ3) is 7.62. The Morgan fingerprint density at radius 1 is 1.09 bits per heavy atom. The summed E-state index contributed by atoms with van der Waals surface area (Å²) in [6, 6.07) is 4.94. The largest absolute Gasteiger partial charge is 0.459 e. The Labute approximate surface area is 318 Å². The lowest BCUT2D eigenvalue weighted by molar-refractivity contribution is -0.158. The monoisotopic (exact) mass is 763 g/mol. The molecule has 13 heteroatoms. The van der Waals surface area contributed by atoms with E-state index in [1.807, 2.05) is 45.9 Å². The molecule has 3 amide bonds. The average molecular weight is 764 g/mol. The topological polar surface area (TPSA) is 156 Å². The zero-order valence-corrected chi connectivity index (χ0v) is 32.6. The fourth-order valence-corrected chi connectivity index (χ4v) is 10.2. The van der Waals surface area contributed by atoms with Crippen LogP contribution in [0, 0.1) is 28.6 Å². The molecule has 1 aromatic rings. The lowest BCUT2D eigenvalue weighted by atomic mass is 9.77. The lowest BCUT2D eigenvalue weighted by Gasteiger charge is -2.35. The zero-order valence-electron chi connectivity index (χ0n) is 31.8. The number of ketones is 1. The molecule has 54 heavy (non-hydrogen) atoms. The second-order valence-corrected chi connectivity index (χ2v) is 19.7. The Hall–Kier alpha value is -4.00. The first-order valence-electron chi connectivity index (χ1n) is 19.4. The number of Topliss-reactive ketones (excluding diaryl/α,β-unsaturated/α-hetero) is 1. The lowest BCUT2D eigenvalue weighted by Crippen LogP contribution is -2.48. The van der Waals surface area contributed by atoms with Crippen molar-refractivity contribution < 1.29 is 41.9 Å². The van der Waals surface area contributed by atoms with Gasteiger partial charge in [0, 0.05) is 25.3 Å². The van der Waals surface area contributed by atoms with Crippen LogP contribution >= 0.6 is 0 Å². The van der Waals surface area contributed by atoms with Gasteiger partial charge in [-0.25, -0.2) is 13.2 Å². The van der Waals surface area contributed by atoms with Gasteiger partial charge in [-0.3, -0.25) is 28.8 Å². The van der Waals surface area contributed by atoms with Crippen molar-refractivity contribution in [2.75, 3.05) is 6.54 Å². The number of fused-ring (bicyclic) bond motifs is 4. The van der Waals surface area contributed by atoms with Crippen LogP contribution in [0.5, 0.6) is 0 Å². The number of nitrogens with one attached hydrogen (secondary N) is 1. The third-order valence-corrected chi connectivity index (χ3v) is 14.5. The number of nitrogens with zero attached hydrogens (tertiary/aromatic N) is 2. The predicted molar refractivity (Wildman–Crippen MR) is 200 cm³/mol. The molecule has 3 heterocycles. The van der Waals surface area contributed by atoms with Gasteiger partial charge >= 0.3 is 12.1 Å². The molecule has 4 bridgehead atoms. The summed E-state index contributed by atoms with van der Waals surface area (Å²) in [6.45, 7) is 12.0. The van der Waals surface area contributed by atoms with E-state index in [4.69, 9.17) is 9.47 Å². The SMILES string of the molecule is C=C[C@@H]1C[C@]1(CC(=O)[C@@H]1C[C@@H]2CN1C(=O)[C@H](C(C)(C)C)CC(=O)O[C@]1(C)C[C@H]1CCC/C=C/c1cccc3c1CN(C3)C(=O)O2)C(=O)NS(=O)(=O)C1CC1. The fraction of sp³-hybridized carbons (Fsp3) is 0.634. The number of hydrogen-bond donors (Lipinski definition) is 1. The van der Waals surface area contributed by atoms with Crippen molar-refractivity contribution >= 4 is 45.8 Å². The number of benzene rings is 1. The number of carbonyl (C=O) groups excluding carboxylic acids is 5. The molecule has 3 aliphatic heterocycles. The fourth-order valence-electron chi connectivity index (χ4n) is 8.78. The Morgan fingerprint density at radius 2 is 1.85 bits per heavy atom. The smallest absolute Gasteiger partial charge is 0.410 e. The molecule has 3 aliphatic carbocycles. The van der Waals surface area contributed by atoms with Gasteiger partial charge in [0.25, 0.3) is 0 Å². The summed E-state index contributed by atoms with van der Waals surface area (Å²) in [7, 11) is -3.87. The molecule has 1 N–H and O–H groups in total. The molecular weight excluding hydrogens is 711 g/mol. The third-order valence-electron chi connectivity index (χ3n) is 12.7. The second kappa shape index (κ2) is 13.9. The van der Waals surface area contributed by atoms with Crippen molar-refractivity contribution in [3.05, 3.63) is 53.6 Å². The van der Waals surface area contributed by atoms with Gasteiger partial charge in [-0.2, -0.15) is 0 Å². The number of ether oxygens (including phenoxy) is 2. The minimum atomic E-state index is -3.87. The molecule has 0 radical (unpaired) electrons. The summed E-state index contributed by atoms with van der Waals surface area (Å²) in [5.41, 5.74) is 0.514. The first kappa shape index (κ1) is 38.3. The van der Waals surface area contributed by atoms with Gasteiger partial charge in [0.15, 0.2) is 5.78 Å². The van der Waals surface area contributed by atoms with E-state index in [9.17, 15) is 32.4 Å². The van der Waals surface area contributed by atoms with Crippen LogP contribution < -0.4 is 4.72 Å². The van der Waals surface area contributed by atoms with Gasteiger partial charge in [0.1, 0.15) is 11.7 Å². The first-order valence-corrected chi connectivity index (χ1v) is 21.0. The number of rotatable bonds is 7. The predicted octanol–water partition coefficient (Wildman–Crippen LogP) is 5.44. The van der Waals surface area contributed by atoms with E-state index in [1.165, 1.54) is 4.90 Å². The van der Waals surface area contributed by atoms with Crippen molar-refractivity contribution in [2.45, 2.75) is 128 Å². The van der Waals surface area contributed by atoms with E-state index < -0.39 is 85.3 Å². The van der Waals surface area contributed by atoms with Crippen LogP contribution in [0.1, 0.15) is 109 Å². The number of sulfonamides is 1. The Morgan fingerprint density at radius 3 is 2.54 bits per heavy atom. The molecule has 6 aliphatic rings. The van der Waals surface area contributed by atoms with Gasteiger partial charge in [-0.05, 0) is 79.9 Å². The number of amides is 3. The van der Waals surface area contributed by atoms with Gasteiger partial charge < -0.3 is 14.4 Å². The van der Waals surface area contributed by atoms with Crippen LogP contribution in [0.25, 0.3) is 6.08 Å². The molecule has 3 saturated carbocycles. The first-order chi connectivity index (χ1) is 25.4. The van der Waals surface area contributed by atoms with Gasteiger partial charge in [-0.15, -0.1) is 6.58 Å². The molecule has 0 aromatic heterocycles. The van der Waals surface area contributed by atoms with Crippen molar-refractivity contribution in [1.29, 1.82) is 0 Å². The molecule has 0 unspecified atom stereocenters. The van der Waals surface area contributed by atoms with Crippen LogP contribution in [0.3, 0.4) is 0 Å². The van der Waals surface area contributed by atoms with Gasteiger partial charge in [-0.1, -0.05) is 57.2 Å². The van der Waals surface area contributed by atoms with E-state index >= 15 is 0 Å². The Balaban J connectivity index is 1.17. The van der Waals surface area contributed by atoms with Crippen molar-refractivity contribution in [2.24, 2.45) is 28.6 Å². The normalized spacial score (nSPS) is 33.5. The number of carbonyl (C=O) groups is 5. The maximum absolute atomic E-state index is 14.6. The second-order valence-electron chi connectivity index (χ2n) is 17.8. The summed E-state index contributed by atoms with van der Waals surface area (Å²) in [5.74, 6) is -3.13. The summed E-state index contributed by atoms with van der Waals surface area (Å²) >= 11 is 0. The summed E-state index contributed by atoms with van der Waals surface area (Å²) in [6.07, 6.45) is 8.57. The van der Waals surface area contributed by atoms with Gasteiger partial charge in [0.05, 0.1) is 42.1 Å². The summed E-state index contributed by atoms with van der Waals surface area (Å²) in [4.78, 5) is 72.8. The Kier molecular flexibility index (Phi) is 9.88. The highest BCUT2D eigenvalue weighted by Crippen LogP contribution is 2.57. The molecule has 7 rings (SSSR count). The number of esters is 1. The minimum absolute atomic E-state index is 0.00295. The van der Waals surface area contributed by atoms with Crippen LogP contribution in [-0.2, 0) is 51.8 Å². The van der Waals surface area contributed by atoms with Crippen molar-refractivity contribution in [3.8, 4) is 0 Å². The van der Waals surface area contributed by atoms with E-state index in [-0.39, 0.29) is 38.1 Å². The molecular formula is C41H53N3O9S. The molecule has 292 valence electrons. The zero-order chi connectivity index (χ0) is 38.8. The van der Waals surface area contributed by atoms with E-state index in [0.717, 1.165) is 42.4 Å². The maximum atomic E-state index is 14.6. The highest BCUT2D eigenvalue weighted by molar-refractivity contribution is 7.90. The molecule has 7 atom stereocenters. The van der Waals surface area contributed by atoms with Crippen LogP contribution in [0.4, 0.5) is 4.79 Å². The molecule has 1 aromatic carbocycles. The summed E-state index contributed by atoms with van der Waals surface area (Å²) in [5, 5.41) is -0.619. The van der Waals surface area contributed by atoms with Crippen LogP contribution in [0.2, 0.25) is 0 Å². The molecule has 1 saturated heterocycles. The van der Waals surface area contributed by atoms with Gasteiger partial charge in [0.2, 0.25) is 21.8 Å². The standard InChI is InChI=1S/C41H53N3O9S/c1-6-27-20-41(27,37(48)42-54(50,51)30-15-16-30)21-34(45)33-17-29-23-44(33)36(47)32(39(2,3)4)18-35(46)53-40(5)19-28(40)14-9-7-8-11-25-12-10-13-26-22-43(24-31(25)26)38(49)52-29/h6,8,10-13,27-30,32-33H,1,7,9,14-24H2,2-5H3,(H,42,48)/b11-8+/t27-,28-,29-,32-,33+,40-,41-/m1/s1. The van der Waals surface area contributed by atoms with E-state index in [2.05, 4.69) is 23.5 Å². The van der Waals surface area contributed by atoms with Crippen molar-refractivity contribution in [1.82, 2.24) is 14.5 Å². The highest BCUT2D eigenvalue weighted by atomic mass is 32.2. The van der Waals surface area contributed by atoms with E-state index in [0.29, 0.717) is 25.9 Å². The Bertz CT molecular complexity index is 1900. The van der Waals surface area contributed by atoms with Crippen LogP contribution in [-0.4, -0.2) is 77.4 Å². The highest BCUT2D eigenvalue weighted by Gasteiger charge is 2.62. The average Bonchev–Trinajstić information content (AvgIpc) is 4.05. The van der Waals surface area contributed by atoms with Crippen LogP contribution in [0.15, 0.2) is 36.9 Å². The van der Waals surface area contributed by atoms with E-state index in [1.54, 1.807) is 11.0 Å². The maximum Gasteiger partial charge on any atom is 0.410 e.